The van der Waals surface area contributed by atoms with Gasteiger partial charge in [0, 0.05) is 12.8 Å². The van der Waals surface area contributed by atoms with E-state index in [2.05, 4.69) is 43.5 Å². The summed E-state index contributed by atoms with van der Waals surface area (Å²) in [6, 6.07) is -0.534. The van der Waals surface area contributed by atoms with Crippen molar-refractivity contribution in [2.24, 2.45) is 0 Å². The van der Waals surface area contributed by atoms with Crippen LogP contribution in [0, 0.1) is 0 Å². The smallest absolute Gasteiger partial charge is 0.305 e. The van der Waals surface area contributed by atoms with Crippen molar-refractivity contribution in [2.45, 2.75) is 386 Å². The standard InChI is InChI=1S/C68H131NO5/c1-3-5-7-9-11-13-14-38-42-46-50-54-58-62-68(73)74-63-59-55-51-47-43-40-37-35-33-31-29-27-25-23-21-19-17-15-16-18-20-22-24-26-28-30-32-34-36-39-41-45-49-53-57-61-67(72)69-65(64-70)66(71)60-56-52-48-44-12-10-8-6-4-2/h7,9,13-14,65-66,70-71H,3-6,8,10-12,15-64H2,1-2H3,(H,69,72)/b9-7-,14-13-. The van der Waals surface area contributed by atoms with Gasteiger partial charge in [0.1, 0.15) is 0 Å². The molecule has 74 heavy (non-hydrogen) atoms. The number of allylic oxidation sites excluding steroid dienone is 4. The number of ether oxygens (including phenoxy) is 1. The minimum absolute atomic E-state index is 0.00735. The number of hydrogen-bond acceptors (Lipinski definition) is 5. The van der Waals surface area contributed by atoms with E-state index in [0.29, 0.717) is 25.9 Å². The van der Waals surface area contributed by atoms with E-state index in [4.69, 9.17) is 4.74 Å². The zero-order valence-corrected chi connectivity index (χ0v) is 50.1. The number of carbonyl (C=O) groups excluding carboxylic acids is 2. The highest BCUT2D eigenvalue weighted by atomic mass is 16.5. The maximum absolute atomic E-state index is 12.4. The van der Waals surface area contributed by atoms with Crippen LogP contribution in [0.4, 0.5) is 0 Å². The molecule has 6 heteroatoms. The van der Waals surface area contributed by atoms with Crippen molar-refractivity contribution in [1.82, 2.24) is 5.32 Å². The number of hydrogen-bond donors (Lipinski definition) is 3. The molecule has 6 nitrogen and oxygen atoms in total. The Bertz CT molecular complexity index is 1150. The van der Waals surface area contributed by atoms with Crippen LogP contribution in [0.1, 0.15) is 373 Å². The molecular weight excluding hydrogens is 911 g/mol. The van der Waals surface area contributed by atoms with Gasteiger partial charge in [-0.3, -0.25) is 9.59 Å². The van der Waals surface area contributed by atoms with Crippen LogP contribution in [0.15, 0.2) is 24.3 Å². The highest BCUT2D eigenvalue weighted by Gasteiger charge is 2.20. The van der Waals surface area contributed by atoms with Crippen LogP contribution in [0.2, 0.25) is 0 Å². The summed E-state index contributed by atoms with van der Waals surface area (Å²) in [7, 11) is 0. The van der Waals surface area contributed by atoms with Gasteiger partial charge in [-0.05, 0) is 51.4 Å². The Balaban J connectivity index is 3.27. The van der Waals surface area contributed by atoms with Crippen molar-refractivity contribution in [2.75, 3.05) is 13.2 Å². The van der Waals surface area contributed by atoms with Crippen molar-refractivity contribution in [3.05, 3.63) is 24.3 Å². The van der Waals surface area contributed by atoms with Crippen molar-refractivity contribution in [3.63, 3.8) is 0 Å². The van der Waals surface area contributed by atoms with Gasteiger partial charge in [-0.1, -0.05) is 334 Å². The van der Waals surface area contributed by atoms with Crippen molar-refractivity contribution in [1.29, 1.82) is 0 Å². The fourth-order valence-corrected chi connectivity index (χ4v) is 10.6. The maximum Gasteiger partial charge on any atom is 0.305 e. The summed E-state index contributed by atoms with van der Waals surface area (Å²) >= 11 is 0. The normalized spacial score (nSPS) is 12.6. The zero-order valence-electron chi connectivity index (χ0n) is 50.1. The first-order chi connectivity index (χ1) is 36.5. The van der Waals surface area contributed by atoms with Gasteiger partial charge in [0.05, 0.1) is 25.4 Å². The number of nitrogens with one attached hydrogen (secondary N) is 1. The summed E-state index contributed by atoms with van der Waals surface area (Å²) in [6.07, 6.45) is 79.6. The second-order valence-corrected chi connectivity index (χ2v) is 23.2. The highest BCUT2D eigenvalue weighted by Crippen LogP contribution is 2.19. The lowest BCUT2D eigenvalue weighted by Crippen LogP contribution is -2.45. The molecule has 0 saturated heterocycles. The van der Waals surface area contributed by atoms with E-state index < -0.39 is 12.1 Å². The SMILES string of the molecule is CCC/C=C\C/C=C\CCCCCCCC(=O)OCCCCCCCCCCCCCCCCCCCCCCCCCCCCCCCCCCCCCC(=O)NC(CO)C(O)CCCCCCCCCCC. The molecule has 0 rings (SSSR count). The molecular formula is C68H131NO5. The van der Waals surface area contributed by atoms with Crippen LogP contribution in [-0.4, -0.2) is 47.4 Å². The Morgan fingerprint density at radius 3 is 1.08 bits per heavy atom. The molecule has 2 atom stereocenters. The molecule has 0 spiro atoms. The van der Waals surface area contributed by atoms with Crippen LogP contribution in [0.3, 0.4) is 0 Å². The first-order valence-electron chi connectivity index (χ1n) is 33.6. The number of esters is 1. The first kappa shape index (κ1) is 72.3. The van der Waals surface area contributed by atoms with E-state index in [1.165, 1.54) is 289 Å². The molecule has 0 saturated carbocycles. The molecule has 0 heterocycles. The molecule has 1 amide bonds. The Hall–Kier alpha value is -1.66. The molecule has 0 aliphatic heterocycles. The summed E-state index contributed by atoms with van der Waals surface area (Å²) in [6.45, 7) is 4.89. The molecule has 0 aromatic rings. The lowest BCUT2D eigenvalue weighted by molar-refractivity contribution is -0.143. The molecule has 3 N–H and O–H groups in total. The van der Waals surface area contributed by atoms with Crippen LogP contribution in [0.5, 0.6) is 0 Å². The summed E-state index contributed by atoms with van der Waals surface area (Å²) in [5.74, 6) is -0.0232. The minimum atomic E-state index is -0.657. The number of unbranched alkanes of at least 4 members (excludes halogenated alkanes) is 48. The van der Waals surface area contributed by atoms with Crippen LogP contribution < -0.4 is 5.32 Å². The topological polar surface area (TPSA) is 95.9 Å². The first-order valence-corrected chi connectivity index (χ1v) is 33.6. The molecule has 0 radical (unpaired) electrons. The van der Waals surface area contributed by atoms with Gasteiger partial charge in [-0.15, -0.1) is 0 Å². The van der Waals surface area contributed by atoms with Crippen LogP contribution in [0.25, 0.3) is 0 Å². The number of amides is 1. The van der Waals surface area contributed by atoms with Crippen molar-refractivity contribution in [3.8, 4) is 0 Å². The molecule has 0 aromatic carbocycles. The molecule has 0 fully saturated rings. The Kier molecular flexibility index (Phi) is 62.4. The molecule has 0 aromatic heterocycles. The Morgan fingerprint density at radius 2 is 0.703 bits per heavy atom. The van der Waals surface area contributed by atoms with Gasteiger partial charge in [-0.25, -0.2) is 0 Å². The predicted molar refractivity (Wildman–Crippen MR) is 324 cm³/mol. The largest absolute Gasteiger partial charge is 0.466 e. The Labute approximate surface area is 462 Å². The molecule has 0 aliphatic rings. The quantitative estimate of drug-likeness (QED) is 0.0320. The van der Waals surface area contributed by atoms with Gasteiger partial charge < -0.3 is 20.3 Å². The number of aliphatic hydroxyl groups excluding tert-OH is 2. The third-order valence-electron chi connectivity index (χ3n) is 15.7. The average Bonchev–Trinajstić information content (AvgIpc) is 3.40. The Morgan fingerprint density at radius 1 is 0.378 bits per heavy atom. The van der Waals surface area contributed by atoms with Crippen molar-refractivity contribution >= 4 is 11.9 Å². The van der Waals surface area contributed by atoms with Crippen molar-refractivity contribution < 1.29 is 24.5 Å². The van der Waals surface area contributed by atoms with Gasteiger partial charge >= 0.3 is 5.97 Å². The number of rotatable bonds is 63. The van der Waals surface area contributed by atoms with Gasteiger partial charge in [-0.2, -0.15) is 0 Å². The maximum atomic E-state index is 12.4. The van der Waals surface area contributed by atoms with E-state index in [1.807, 2.05) is 0 Å². The van der Waals surface area contributed by atoms with Gasteiger partial charge in [0.2, 0.25) is 5.91 Å². The van der Waals surface area contributed by atoms with E-state index >= 15 is 0 Å². The van der Waals surface area contributed by atoms with E-state index in [9.17, 15) is 19.8 Å². The molecule has 438 valence electrons. The summed E-state index contributed by atoms with van der Waals surface area (Å²) in [4.78, 5) is 24.5. The van der Waals surface area contributed by atoms with Gasteiger partial charge in [0.25, 0.3) is 0 Å². The zero-order chi connectivity index (χ0) is 53.6. The summed E-state index contributed by atoms with van der Waals surface area (Å²) in [5.41, 5.74) is 0. The molecule has 2 unspecified atom stereocenters. The van der Waals surface area contributed by atoms with E-state index in [-0.39, 0.29) is 18.5 Å². The number of aliphatic hydroxyl groups is 2. The number of carbonyl (C=O) groups is 2. The highest BCUT2D eigenvalue weighted by molar-refractivity contribution is 5.76. The fourth-order valence-electron chi connectivity index (χ4n) is 10.6. The second kappa shape index (κ2) is 63.9. The third kappa shape index (κ3) is 59.6. The van der Waals surface area contributed by atoms with Crippen LogP contribution >= 0.6 is 0 Å². The van der Waals surface area contributed by atoms with Crippen LogP contribution in [-0.2, 0) is 14.3 Å². The monoisotopic (exact) mass is 1040 g/mol. The summed E-state index contributed by atoms with van der Waals surface area (Å²) in [5, 5.41) is 23.1. The van der Waals surface area contributed by atoms with E-state index in [0.717, 1.165) is 51.4 Å². The molecule has 0 bridgehead atoms. The summed E-state index contributed by atoms with van der Waals surface area (Å²) < 4.78 is 5.48. The second-order valence-electron chi connectivity index (χ2n) is 23.2. The van der Waals surface area contributed by atoms with Gasteiger partial charge in [0.15, 0.2) is 0 Å². The average molecular weight is 1040 g/mol. The predicted octanol–water partition coefficient (Wildman–Crippen LogP) is 21.4. The lowest BCUT2D eigenvalue weighted by atomic mass is 10.0. The minimum Gasteiger partial charge on any atom is -0.466 e. The fraction of sp³-hybridized carbons (Fsp3) is 0.912. The van der Waals surface area contributed by atoms with E-state index in [1.54, 1.807) is 0 Å². The third-order valence-corrected chi connectivity index (χ3v) is 15.7. The molecule has 0 aliphatic carbocycles. The lowest BCUT2D eigenvalue weighted by Gasteiger charge is -2.22.